The molecule has 6 heteroatoms. The van der Waals surface area contributed by atoms with Gasteiger partial charge in [0.2, 0.25) is 0 Å². The molecule has 0 bridgehead atoms. The Morgan fingerprint density at radius 1 is 1.21 bits per heavy atom. The fourth-order valence-electron chi connectivity index (χ4n) is 2.23. The lowest BCUT2D eigenvalue weighted by Crippen LogP contribution is -2.37. The monoisotopic (exact) mass is 329 g/mol. The summed E-state index contributed by atoms with van der Waals surface area (Å²) in [6.07, 6.45) is -0.0000512. The van der Waals surface area contributed by atoms with E-state index in [9.17, 15) is 14.7 Å². The highest BCUT2D eigenvalue weighted by molar-refractivity contribution is 5.74. The molecule has 0 spiro atoms. The number of carbonyl (C=O) groups excluding carboxylic acids is 2. The highest BCUT2D eigenvalue weighted by atomic mass is 16.6. The van der Waals surface area contributed by atoms with Crippen LogP contribution in [0.4, 0.5) is 4.79 Å². The average Bonchev–Trinajstić information content (AvgIpc) is 2.59. The number of methoxy groups -OCH3 is 1. The van der Waals surface area contributed by atoms with Crippen molar-refractivity contribution in [2.24, 2.45) is 0 Å². The Balaban J connectivity index is 2.17. The largest absolute Gasteiger partial charge is 0.508 e. The molecule has 1 atom stereocenters. The number of phenolic OH excluding ortho intramolecular Hbond substituents is 1. The van der Waals surface area contributed by atoms with E-state index in [4.69, 9.17) is 9.47 Å². The number of ether oxygens (including phenoxy) is 2. The molecule has 1 N–H and O–H groups in total. The molecule has 0 fully saturated rings. The van der Waals surface area contributed by atoms with Gasteiger partial charge in [0.1, 0.15) is 23.5 Å². The Hall–Kier alpha value is -3.02. The quantitative estimate of drug-likeness (QED) is 0.824. The Bertz CT molecular complexity index is 699. The van der Waals surface area contributed by atoms with Crippen LogP contribution in [0.2, 0.25) is 0 Å². The number of aromatic hydroxyl groups is 1. The summed E-state index contributed by atoms with van der Waals surface area (Å²) in [5.41, 5.74) is 0.775. The Labute approximate surface area is 140 Å². The van der Waals surface area contributed by atoms with Gasteiger partial charge in [0.15, 0.2) is 0 Å². The lowest BCUT2D eigenvalue weighted by Gasteiger charge is -2.27. The van der Waals surface area contributed by atoms with Gasteiger partial charge in [0.05, 0.1) is 19.7 Å². The molecule has 0 heterocycles. The van der Waals surface area contributed by atoms with E-state index >= 15 is 0 Å². The number of rotatable bonds is 6. The van der Waals surface area contributed by atoms with E-state index in [-0.39, 0.29) is 12.3 Å². The normalized spacial score (nSPS) is 11.4. The third-order valence-corrected chi connectivity index (χ3v) is 3.60. The molecule has 24 heavy (non-hydrogen) atoms. The van der Waals surface area contributed by atoms with Crippen molar-refractivity contribution in [1.82, 2.24) is 4.90 Å². The second kappa shape index (κ2) is 8.01. The molecule has 6 nitrogen and oxygen atoms in total. The summed E-state index contributed by atoms with van der Waals surface area (Å²) in [5, 5.41) is 9.36. The van der Waals surface area contributed by atoms with Crippen LogP contribution < -0.4 is 9.47 Å². The Morgan fingerprint density at radius 3 is 2.50 bits per heavy atom. The van der Waals surface area contributed by atoms with Crippen molar-refractivity contribution in [2.75, 3.05) is 13.7 Å². The number of phenols is 1. The van der Waals surface area contributed by atoms with Gasteiger partial charge in [-0.05, 0) is 36.8 Å². The fraction of sp³-hybridized carbons (Fsp3) is 0.222. The van der Waals surface area contributed by atoms with E-state index in [0.29, 0.717) is 17.8 Å². The van der Waals surface area contributed by atoms with Gasteiger partial charge in [-0.1, -0.05) is 18.2 Å². The Kier molecular flexibility index (Phi) is 5.78. The zero-order chi connectivity index (χ0) is 17.5. The Morgan fingerprint density at radius 2 is 1.88 bits per heavy atom. The maximum absolute atomic E-state index is 12.4. The number of nitrogens with zero attached hydrogens (tertiary/aromatic N) is 1. The van der Waals surface area contributed by atoms with E-state index in [1.807, 2.05) is 0 Å². The van der Waals surface area contributed by atoms with Crippen molar-refractivity contribution in [1.29, 1.82) is 0 Å². The molecule has 0 saturated heterocycles. The van der Waals surface area contributed by atoms with Crippen LogP contribution >= 0.6 is 0 Å². The third kappa shape index (κ3) is 4.25. The van der Waals surface area contributed by atoms with Gasteiger partial charge in [0, 0.05) is 6.07 Å². The molecule has 0 radical (unpaired) electrons. The van der Waals surface area contributed by atoms with Crippen LogP contribution in [0.15, 0.2) is 48.5 Å². The summed E-state index contributed by atoms with van der Waals surface area (Å²) in [6.45, 7) is 1.67. The molecule has 0 saturated carbocycles. The summed E-state index contributed by atoms with van der Waals surface area (Å²) < 4.78 is 10.4. The van der Waals surface area contributed by atoms with E-state index in [1.54, 1.807) is 43.3 Å². The van der Waals surface area contributed by atoms with Crippen molar-refractivity contribution in [3.8, 4) is 17.2 Å². The predicted molar refractivity (Wildman–Crippen MR) is 88.3 cm³/mol. The molecule has 0 unspecified atom stereocenters. The van der Waals surface area contributed by atoms with E-state index in [1.165, 1.54) is 24.1 Å². The topological polar surface area (TPSA) is 76.1 Å². The average molecular weight is 329 g/mol. The van der Waals surface area contributed by atoms with Crippen LogP contribution in [0, 0.1) is 0 Å². The third-order valence-electron chi connectivity index (χ3n) is 3.60. The maximum Gasteiger partial charge on any atom is 0.416 e. The first-order chi connectivity index (χ1) is 11.5. The highest BCUT2D eigenvalue weighted by Gasteiger charge is 2.23. The van der Waals surface area contributed by atoms with E-state index < -0.39 is 12.1 Å². The molecule has 2 aromatic rings. The first-order valence-electron chi connectivity index (χ1n) is 7.40. The van der Waals surface area contributed by atoms with Gasteiger partial charge in [0.25, 0.3) is 0 Å². The minimum Gasteiger partial charge on any atom is -0.508 e. The molecule has 0 aliphatic heterocycles. The number of carbonyl (C=O) groups is 2. The van der Waals surface area contributed by atoms with Gasteiger partial charge in [-0.25, -0.2) is 4.79 Å². The van der Waals surface area contributed by atoms with Crippen LogP contribution in [0.1, 0.15) is 18.5 Å². The van der Waals surface area contributed by atoms with Gasteiger partial charge in [-0.15, -0.1) is 0 Å². The molecule has 0 aliphatic rings. The summed E-state index contributed by atoms with van der Waals surface area (Å²) in [7, 11) is 1.52. The standard InChI is InChI=1S/C18H19NO5/c1-13(14-6-8-15(21)9-7-14)19(10-11-20)18(22)24-17-5-3-4-16(12-17)23-2/h3-9,11-13,21H,10H2,1-2H3/t13-/m0/s1. The number of hydrogen-bond donors (Lipinski definition) is 1. The highest BCUT2D eigenvalue weighted by Crippen LogP contribution is 2.24. The van der Waals surface area contributed by atoms with Crippen LogP contribution in [0.25, 0.3) is 0 Å². The lowest BCUT2D eigenvalue weighted by molar-refractivity contribution is -0.108. The van der Waals surface area contributed by atoms with Crippen LogP contribution in [-0.2, 0) is 4.79 Å². The number of aldehydes is 1. The predicted octanol–water partition coefficient (Wildman–Crippen LogP) is 3.16. The molecular weight excluding hydrogens is 310 g/mol. The molecule has 0 aliphatic carbocycles. The second-order valence-electron chi connectivity index (χ2n) is 5.13. The fourth-order valence-corrected chi connectivity index (χ4v) is 2.23. The van der Waals surface area contributed by atoms with Gasteiger partial charge >= 0.3 is 6.09 Å². The number of amides is 1. The molecule has 1 amide bonds. The minimum absolute atomic E-state index is 0.106. The molecule has 2 aromatic carbocycles. The minimum atomic E-state index is -0.643. The first kappa shape index (κ1) is 17.3. The smallest absolute Gasteiger partial charge is 0.416 e. The molecule has 126 valence electrons. The van der Waals surface area contributed by atoms with Crippen molar-refractivity contribution >= 4 is 12.4 Å². The van der Waals surface area contributed by atoms with Gasteiger partial charge in [-0.3, -0.25) is 4.90 Å². The second-order valence-corrected chi connectivity index (χ2v) is 5.13. The van der Waals surface area contributed by atoms with Crippen molar-refractivity contribution in [3.63, 3.8) is 0 Å². The summed E-state index contributed by atoms with van der Waals surface area (Å²) >= 11 is 0. The van der Waals surface area contributed by atoms with E-state index in [0.717, 1.165) is 5.56 Å². The SMILES string of the molecule is COc1cccc(OC(=O)N(CC=O)[C@@H](C)c2ccc(O)cc2)c1. The van der Waals surface area contributed by atoms with Crippen LogP contribution in [0.5, 0.6) is 17.2 Å². The van der Waals surface area contributed by atoms with Crippen molar-refractivity contribution in [3.05, 3.63) is 54.1 Å². The first-order valence-corrected chi connectivity index (χ1v) is 7.40. The maximum atomic E-state index is 12.4. The number of benzene rings is 2. The van der Waals surface area contributed by atoms with Crippen LogP contribution in [-0.4, -0.2) is 36.0 Å². The summed E-state index contributed by atoms with van der Waals surface area (Å²) in [5.74, 6) is 1.02. The zero-order valence-electron chi connectivity index (χ0n) is 13.5. The van der Waals surface area contributed by atoms with Crippen molar-refractivity contribution < 1.29 is 24.2 Å². The van der Waals surface area contributed by atoms with E-state index in [2.05, 4.69) is 0 Å². The molecule has 0 aromatic heterocycles. The zero-order valence-corrected chi connectivity index (χ0v) is 13.5. The lowest BCUT2D eigenvalue weighted by atomic mass is 10.1. The summed E-state index contributed by atoms with van der Waals surface area (Å²) in [4.78, 5) is 24.7. The van der Waals surface area contributed by atoms with Gasteiger partial charge in [-0.2, -0.15) is 0 Å². The number of hydrogen-bond acceptors (Lipinski definition) is 5. The van der Waals surface area contributed by atoms with Crippen molar-refractivity contribution in [2.45, 2.75) is 13.0 Å². The molecular formula is C18H19NO5. The van der Waals surface area contributed by atoms with Crippen LogP contribution in [0.3, 0.4) is 0 Å². The molecule has 2 rings (SSSR count). The van der Waals surface area contributed by atoms with Gasteiger partial charge < -0.3 is 19.4 Å². The summed E-state index contributed by atoms with van der Waals surface area (Å²) in [6, 6.07) is 12.7.